The van der Waals surface area contributed by atoms with Crippen molar-refractivity contribution in [2.75, 3.05) is 49.2 Å². The maximum atomic E-state index is 12.1. The summed E-state index contributed by atoms with van der Waals surface area (Å²) in [6.45, 7) is 22.7. The van der Waals surface area contributed by atoms with E-state index in [9.17, 15) is 9.59 Å². The number of fused-ring (bicyclic) bond motifs is 6. The minimum atomic E-state index is -0.833. The summed E-state index contributed by atoms with van der Waals surface area (Å²) in [5, 5.41) is 29.6. The van der Waals surface area contributed by atoms with E-state index in [0.717, 1.165) is 85.5 Å². The molecule has 2 aromatic rings. The number of carboxylic acids is 2. The van der Waals surface area contributed by atoms with Crippen LogP contribution in [0.3, 0.4) is 0 Å². The van der Waals surface area contributed by atoms with Gasteiger partial charge >= 0.3 is 0 Å². The molecule has 0 spiro atoms. The summed E-state index contributed by atoms with van der Waals surface area (Å²) in [6, 6.07) is 7.40. The van der Waals surface area contributed by atoms with Crippen LogP contribution in [0.5, 0.6) is 23.0 Å². The van der Waals surface area contributed by atoms with Crippen LogP contribution in [0, 0.1) is 0 Å². The molecule has 0 unspecified atom stereocenters. The second-order valence-electron chi connectivity index (χ2n) is 16.1. The summed E-state index contributed by atoms with van der Waals surface area (Å²) in [6.07, 6.45) is 0. The van der Waals surface area contributed by atoms with Gasteiger partial charge in [-0.25, -0.2) is 10.9 Å². The Morgan fingerprint density at radius 2 is 1.03 bits per heavy atom. The van der Waals surface area contributed by atoms with Crippen LogP contribution in [0.2, 0.25) is 0 Å². The van der Waals surface area contributed by atoms with Crippen molar-refractivity contribution in [3.05, 3.63) is 35.4 Å². The van der Waals surface area contributed by atoms with Gasteiger partial charge in [-0.15, -0.1) is 0 Å². The number of nitrogens with zero attached hydrogens (tertiary/aromatic N) is 4. The van der Waals surface area contributed by atoms with E-state index in [1.54, 1.807) is 0 Å². The van der Waals surface area contributed by atoms with Crippen LogP contribution in [0.4, 0.5) is 11.4 Å². The fraction of sp³-hybridized carbons (Fsp3) is 0.550. The number of carbonyl (C=O) groups excluding carboxylic acids is 2. The normalized spacial score (nSPS) is 21.3. The summed E-state index contributed by atoms with van der Waals surface area (Å²) in [4.78, 5) is 46.0. The minimum absolute atomic E-state index is 0.123. The van der Waals surface area contributed by atoms with E-state index in [0.29, 0.717) is 36.7 Å². The molecule has 0 aromatic heterocycles. The van der Waals surface area contributed by atoms with Gasteiger partial charge in [-0.1, -0.05) is 27.7 Å². The van der Waals surface area contributed by atoms with E-state index in [1.807, 2.05) is 47.9 Å². The molecule has 0 saturated carbocycles. The molecule has 6 aliphatic heterocycles. The molecule has 6 aliphatic rings. The third-order valence-electron chi connectivity index (χ3n) is 10.0. The summed E-state index contributed by atoms with van der Waals surface area (Å²) in [5.41, 5.74) is 8.60. The first-order valence-corrected chi connectivity index (χ1v) is 19.3. The highest BCUT2D eigenvalue weighted by atomic mass is 16.5. The highest BCUT2D eigenvalue weighted by molar-refractivity contribution is 6.10. The zero-order chi connectivity index (χ0) is 42.7. The lowest BCUT2D eigenvalue weighted by molar-refractivity contribution is -0.135. The Kier molecular flexibility index (Phi) is 13.1. The standard InChI is InChI=1S/2C18H24N4O3.2C2H4O2/c2*1-10(2)12-5-15-13(6-14(12)25-18(4)8-19-9-18)22-11(3)17(23)21-20-16(22)7-24-15;2*1-2(3)4/h2*5-6,10-11,19H,7-9H2,1-4H3,(H,21,23);2*1H3,(H,3,4)/t2*11-;;/m10../s1. The van der Waals surface area contributed by atoms with Crippen molar-refractivity contribution in [3.8, 4) is 23.0 Å². The molecule has 2 amide bonds. The van der Waals surface area contributed by atoms with Crippen LogP contribution in [-0.4, -0.2) is 108 Å². The lowest BCUT2D eigenvalue weighted by Gasteiger charge is -2.42. The lowest BCUT2D eigenvalue weighted by Crippen LogP contribution is -2.61. The molecular formula is C40H56N8O10. The van der Waals surface area contributed by atoms with Crippen molar-refractivity contribution in [2.24, 2.45) is 10.2 Å². The summed E-state index contributed by atoms with van der Waals surface area (Å²) >= 11 is 0. The Hall–Kier alpha value is -5.62. The van der Waals surface area contributed by atoms with E-state index < -0.39 is 11.9 Å². The van der Waals surface area contributed by atoms with E-state index >= 15 is 0 Å². The number of nitrogens with one attached hydrogen (secondary N) is 4. The molecule has 6 heterocycles. The molecule has 0 bridgehead atoms. The number of rotatable bonds is 6. The van der Waals surface area contributed by atoms with Crippen molar-refractivity contribution in [1.29, 1.82) is 0 Å². The van der Waals surface area contributed by atoms with Crippen molar-refractivity contribution in [2.45, 2.75) is 104 Å². The molecule has 18 heteroatoms. The van der Waals surface area contributed by atoms with E-state index in [4.69, 9.17) is 38.7 Å². The van der Waals surface area contributed by atoms with Gasteiger partial charge in [0, 0.05) is 63.3 Å². The van der Waals surface area contributed by atoms with Gasteiger partial charge < -0.3 is 49.6 Å². The van der Waals surface area contributed by atoms with Crippen molar-refractivity contribution in [3.63, 3.8) is 0 Å². The number of hydrogen-bond acceptors (Lipinski definition) is 14. The molecule has 0 radical (unpaired) electrons. The van der Waals surface area contributed by atoms with Gasteiger partial charge in [-0.2, -0.15) is 10.2 Å². The number of amidine groups is 2. The van der Waals surface area contributed by atoms with Crippen molar-refractivity contribution in [1.82, 2.24) is 21.5 Å². The first-order chi connectivity index (χ1) is 27.2. The van der Waals surface area contributed by atoms with Crippen LogP contribution in [0.1, 0.15) is 92.2 Å². The minimum Gasteiger partial charge on any atom is -0.485 e. The SMILES string of the molecule is CC(=O)O.CC(=O)O.CC(C)c1cc2c(cc1OC1(C)CNC1)N1C(=NNC(=O)[C@@H]1C)CO2.CC(C)c1cc2c(cc1OC1(C)CNC1)N1C(=NNC(=O)[C@H]1C)CO2. The maximum Gasteiger partial charge on any atom is 0.300 e. The van der Waals surface area contributed by atoms with Gasteiger partial charge in [-0.05, 0) is 51.7 Å². The smallest absolute Gasteiger partial charge is 0.300 e. The summed E-state index contributed by atoms with van der Waals surface area (Å²) < 4.78 is 24.5. The number of ether oxygens (including phenoxy) is 4. The average molecular weight is 809 g/mol. The number of anilines is 2. The highest BCUT2D eigenvalue weighted by Crippen LogP contribution is 2.45. The van der Waals surface area contributed by atoms with Gasteiger partial charge in [-0.3, -0.25) is 19.2 Å². The topological polar surface area (TPSA) is 225 Å². The largest absolute Gasteiger partial charge is 0.485 e. The molecule has 2 atom stereocenters. The van der Waals surface area contributed by atoms with Crippen LogP contribution >= 0.6 is 0 Å². The quantitative estimate of drug-likeness (QED) is 0.246. The highest BCUT2D eigenvalue weighted by Gasteiger charge is 2.40. The zero-order valence-electron chi connectivity index (χ0n) is 34.8. The van der Waals surface area contributed by atoms with Gasteiger partial charge in [0.2, 0.25) is 0 Å². The van der Waals surface area contributed by atoms with E-state index in [-0.39, 0.29) is 35.1 Å². The molecule has 316 valence electrons. The fourth-order valence-electron chi connectivity index (χ4n) is 6.85. The Balaban J connectivity index is 0.000000187. The third-order valence-corrected chi connectivity index (χ3v) is 10.0. The zero-order valence-corrected chi connectivity index (χ0v) is 34.8. The first kappa shape index (κ1) is 43.5. The number of aliphatic carboxylic acids is 2. The molecule has 2 aromatic carbocycles. The summed E-state index contributed by atoms with van der Waals surface area (Å²) in [5.74, 6) is 3.35. The van der Waals surface area contributed by atoms with Crippen molar-refractivity contribution >= 4 is 46.8 Å². The maximum absolute atomic E-state index is 12.1. The van der Waals surface area contributed by atoms with Gasteiger partial charge in [0.15, 0.2) is 11.7 Å². The van der Waals surface area contributed by atoms with Crippen LogP contribution in [-0.2, 0) is 19.2 Å². The molecule has 2 saturated heterocycles. The van der Waals surface area contributed by atoms with Crippen LogP contribution < -0.4 is 50.2 Å². The molecule has 2 fully saturated rings. The number of benzene rings is 2. The average Bonchev–Trinajstić information content (AvgIpc) is 3.12. The Morgan fingerprint density at radius 3 is 1.31 bits per heavy atom. The van der Waals surface area contributed by atoms with Crippen molar-refractivity contribution < 1.29 is 48.3 Å². The second kappa shape index (κ2) is 17.5. The number of amides is 2. The van der Waals surface area contributed by atoms with Gasteiger partial charge in [0.05, 0.1) is 11.4 Å². The predicted octanol–water partition coefficient (Wildman–Crippen LogP) is 3.34. The Bertz CT molecular complexity index is 1830. The molecule has 58 heavy (non-hydrogen) atoms. The van der Waals surface area contributed by atoms with Crippen LogP contribution in [0.25, 0.3) is 0 Å². The van der Waals surface area contributed by atoms with Gasteiger partial charge in [0.1, 0.15) is 59.5 Å². The first-order valence-electron chi connectivity index (χ1n) is 19.3. The lowest BCUT2D eigenvalue weighted by atomic mass is 9.97. The molecule has 18 nitrogen and oxygen atoms in total. The molecular weight excluding hydrogens is 752 g/mol. The number of hydrazone groups is 2. The number of carboxylic acid groups (broad SMARTS) is 2. The van der Waals surface area contributed by atoms with E-state index in [2.05, 4.69) is 73.2 Å². The monoisotopic (exact) mass is 808 g/mol. The number of hydrogen-bond donors (Lipinski definition) is 6. The van der Waals surface area contributed by atoms with E-state index in [1.165, 1.54) is 0 Å². The summed E-state index contributed by atoms with van der Waals surface area (Å²) in [7, 11) is 0. The van der Waals surface area contributed by atoms with Crippen LogP contribution in [0.15, 0.2) is 34.5 Å². The fourth-order valence-corrected chi connectivity index (χ4v) is 6.85. The number of carbonyl (C=O) groups is 4. The van der Waals surface area contributed by atoms with Gasteiger partial charge in [0.25, 0.3) is 23.8 Å². The molecule has 0 aliphatic carbocycles. The third kappa shape index (κ3) is 9.73. The second-order valence-corrected chi connectivity index (χ2v) is 16.1. The Morgan fingerprint density at radius 1 is 0.707 bits per heavy atom. The Labute approximate surface area is 338 Å². The predicted molar refractivity (Wildman–Crippen MR) is 218 cm³/mol. The molecule has 8 rings (SSSR count). The molecule has 6 N–H and O–H groups in total.